The minimum absolute atomic E-state index is 0.183. The zero-order valence-corrected chi connectivity index (χ0v) is 20.8. The first-order valence-corrected chi connectivity index (χ1v) is 10.9. The molecule has 188 valence electrons. The number of carbonyl (C=O) groups excluding carboxylic acids is 3. The molecule has 3 amide bonds. The molecule has 0 spiro atoms. The van der Waals surface area contributed by atoms with Gasteiger partial charge in [0.15, 0.2) is 0 Å². The van der Waals surface area contributed by atoms with E-state index in [1.165, 1.54) is 0 Å². The molecule has 0 saturated carbocycles. The van der Waals surface area contributed by atoms with Crippen molar-refractivity contribution < 1.29 is 33.3 Å². The largest absolute Gasteiger partial charge is 0.444 e. The summed E-state index contributed by atoms with van der Waals surface area (Å²) in [5.74, 6) is -0.852. The number of amides is 3. The predicted molar refractivity (Wildman–Crippen MR) is 120 cm³/mol. The van der Waals surface area contributed by atoms with Gasteiger partial charge < -0.3 is 29.6 Å². The number of hydrogen-bond acceptors (Lipinski definition) is 8. The quantitative estimate of drug-likeness (QED) is 0.221. The van der Waals surface area contributed by atoms with Gasteiger partial charge in [-0.05, 0) is 48.5 Å². The Labute approximate surface area is 191 Å². The van der Waals surface area contributed by atoms with Crippen LogP contribution < -0.4 is 21.5 Å². The Morgan fingerprint density at radius 2 is 1.53 bits per heavy atom. The first kappa shape index (κ1) is 30.0. The van der Waals surface area contributed by atoms with Crippen LogP contribution in [-0.4, -0.2) is 80.8 Å². The Morgan fingerprint density at radius 1 is 0.906 bits per heavy atom. The number of hydrazine groups is 1. The van der Waals surface area contributed by atoms with Crippen LogP contribution in [0.1, 0.15) is 55.4 Å². The van der Waals surface area contributed by atoms with Crippen LogP contribution in [0.4, 0.5) is 4.79 Å². The number of alkyl carbamates (subject to hydrolysis) is 1. The lowest BCUT2D eigenvalue weighted by Crippen LogP contribution is -2.57. The number of rotatable bonds is 14. The summed E-state index contributed by atoms with van der Waals surface area (Å²) in [5, 5.41) is 5.22. The van der Waals surface area contributed by atoms with Crippen LogP contribution in [0.15, 0.2) is 0 Å². The third-order valence-corrected chi connectivity index (χ3v) is 3.52. The van der Waals surface area contributed by atoms with E-state index >= 15 is 0 Å². The highest BCUT2D eigenvalue weighted by atomic mass is 16.6. The fourth-order valence-electron chi connectivity index (χ4n) is 2.41. The van der Waals surface area contributed by atoms with E-state index in [0.717, 1.165) is 0 Å². The molecule has 11 nitrogen and oxygen atoms in total. The normalized spacial score (nSPS) is 13.8. The van der Waals surface area contributed by atoms with Gasteiger partial charge in [-0.15, -0.1) is 0 Å². The van der Waals surface area contributed by atoms with Gasteiger partial charge in [-0.25, -0.2) is 10.2 Å². The topological polar surface area (TPSA) is 136 Å². The minimum Gasteiger partial charge on any atom is -0.444 e. The van der Waals surface area contributed by atoms with E-state index in [2.05, 4.69) is 21.5 Å². The fourth-order valence-corrected chi connectivity index (χ4v) is 2.41. The Hall–Kier alpha value is -1.95. The lowest BCUT2D eigenvalue weighted by molar-refractivity contribution is -0.139. The summed E-state index contributed by atoms with van der Waals surface area (Å²) in [6.45, 7) is 15.8. The highest BCUT2D eigenvalue weighted by Gasteiger charge is 2.30. The Kier molecular flexibility index (Phi) is 14.1. The Morgan fingerprint density at radius 3 is 2.09 bits per heavy atom. The van der Waals surface area contributed by atoms with Gasteiger partial charge in [-0.3, -0.25) is 15.0 Å². The Bertz CT molecular complexity index is 573. The second kappa shape index (κ2) is 15.0. The van der Waals surface area contributed by atoms with Crippen molar-refractivity contribution in [1.29, 1.82) is 0 Å². The van der Waals surface area contributed by atoms with Crippen molar-refractivity contribution in [3.05, 3.63) is 0 Å². The molecule has 11 heteroatoms. The minimum atomic E-state index is -0.889. The smallest absolute Gasteiger partial charge is 0.407 e. The number of ether oxygens (including phenoxy) is 4. The van der Waals surface area contributed by atoms with Crippen LogP contribution >= 0.6 is 0 Å². The maximum absolute atomic E-state index is 12.4. The average Bonchev–Trinajstić information content (AvgIpc) is 2.63. The van der Waals surface area contributed by atoms with E-state index in [9.17, 15) is 14.4 Å². The summed E-state index contributed by atoms with van der Waals surface area (Å²) in [6, 6.07) is -0.889. The van der Waals surface area contributed by atoms with Gasteiger partial charge in [0, 0.05) is 13.1 Å². The number of nitrogens with one attached hydrogen (secondary N) is 4. The van der Waals surface area contributed by atoms with Crippen molar-refractivity contribution in [3.8, 4) is 0 Å². The molecule has 0 rings (SSSR count). The van der Waals surface area contributed by atoms with Crippen molar-refractivity contribution >= 4 is 17.9 Å². The first-order valence-electron chi connectivity index (χ1n) is 10.9. The first-order chi connectivity index (χ1) is 14.7. The summed E-state index contributed by atoms with van der Waals surface area (Å²) < 4.78 is 21.6. The van der Waals surface area contributed by atoms with Gasteiger partial charge in [0.2, 0.25) is 5.91 Å². The van der Waals surface area contributed by atoms with Crippen molar-refractivity contribution in [2.45, 2.75) is 78.7 Å². The van der Waals surface area contributed by atoms with Gasteiger partial charge in [0.25, 0.3) is 5.91 Å². The molecule has 0 aromatic rings. The molecule has 2 unspecified atom stereocenters. The molecule has 0 aromatic carbocycles. The SMILES string of the molecule is CCNNC(=O)C(NC(=O)COCCOCCNC(=O)OC(C)(C)C)C(C)OC(C)(C)C. The third kappa shape index (κ3) is 16.7. The summed E-state index contributed by atoms with van der Waals surface area (Å²) >= 11 is 0. The molecular formula is C21H42N4O7. The second-order valence-electron chi connectivity index (χ2n) is 9.09. The van der Waals surface area contributed by atoms with E-state index in [0.29, 0.717) is 13.1 Å². The fraction of sp³-hybridized carbons (Fsp3) is 0.857. The molecular weight excluding hydrogens is 420 g/mol. The molecule has 0 aliphatic carbocycles. The second-order valence-corrected chi connectivity index (χ2v) is 9.09. The number of hydrogen-bond donors (Lipinski definition) is 4. The van der Waals surface area contributed by atoms with E-state index < -0.39 is 41.3 Å². The van der Waals surface area contributed by atoms with Gasteiger partial charge in [0.1, 0.15) is 18.2 Å². The highest BCUT2D eigenvalue weighted by Crippen LogP contribution is 2.13. The molecule has 0 fully saturated rings. The van der Waals surface area contributed by atoms with Crippen LogP contribution in [0.5, 0.6) is 0 Å². The average molecular weight is 463 g/mol. The highest BCUT2D eigenvalue weighted by molar-refractivity contribution is 5.88. The van der Waals surface area contributed by atoms with Crippen LogP contribution in [0.2, 0.25) is 0 Å². The van der Waals surface area contributed by atoms with Gasteiger partial charge in [-0.2, -0.15) is 0 Å². The summed E-state index contributed by atoms with van der Waals surface area (Å²) in [5.41, 5.74) is 4.23. The van der Waals surface area contributed by atoms with Gasteiger partial charge >= 0.3 is 6.09 Å². The molecule has 4 N–H and O–H groups in total. The van der Waals surface area contributed by atoms with Crippen LogP contribution in [0, 0.1) is 0 Å². The van der Waals surface area contributed by atoms with Crippen molar-refractivity contribution in [2.24, 2.45) is 0 Å². The lowest BCUT2D eigenvalue weighted by Gasteiger charge is -2.30. The molecule has 0 aliphatic heterocycles. The maximum atomic E-state index is 12.4. The molecule has 0 aliphatic rings. The standard InChI is InChI=1S/C21H42N4O7/c1-9-23-25-18(27)17(15(2)31-20(3,4)5)24-16(26)14-30-13-12-29-11-10-22-19(28)32-21(6,7)8/h15,17,23H,9-14H2,1-8H3,(H,22,28)(H,24,26)(H,25,27). The molecule has 0 aromatic heterocycles. The molecule has 0 radical (unpaired) electrons. The molecule has 0 heterocycles. The predicted octanol–water partition coefficient (Wildman–Crippen LogP) is 0.873. The summed E-state index contributed by atoms with van der Waals surface area (Å²) in [6.07, 6.45) is -1.06. The zero-order chi connectivity index (χ0) is 24.8. The van der Waals surface area contributed by atoms with Crippen molar-refractivity contribution in [3.63, 3.8) is 0 Å². The maximum Gasteiger partial charge on any atom is 0.407 e. The van der Waals surface area contributed by atoms with Crippen molar-refractivity contribution in [1.82, 2.24) is 21.5 Å². The zero-order valence-electron chi connectivity index (χ0n) is 20.8. The van der Waals surface area contributed by atoms with Crippen LogP contribution in [0.25, 0.3) is 0 Å². The third-order valence-electron chi connectivity index (χ3n) is 3.52. The summed E-state index contributed by atoms with van der Waals surface area (Å²) in [4.78, 5) is 36.1. The molecule has 0 saturated heterocycles. The van der Waals surface area contributed by atoms with E-state index in [1.54, 1.807) is 27.7 Å². The molecule has 0 bridgehead atoms. The van der Waals surface area contributed by atoms with Gasteiger partial charge in [0.05, 0.1) is 31.5 Å². The van der Waals surface area contributed by atoms with Crippen LogP contribution in [0.3, 0.4) is 0 Å². The van der Waals surface area contributed by atoms with E-state index in [4.69, 9.17) is 18.9 Å². The van der Waals surface area contributed by atoms with Crippen molar-refractivity contribution in [2.75, 3.05) is 39.5 Å². The van der Waals surface area contributed by atoms with Gasteiger partial charge in [-0.1, -0.05) is 6.92 Å². The van der Waals surface area contributed by atoms with E-state index in [1.807, 2.05) is 27.7 Å². The monoisotopic (exact) mass is 462 g/mol. The molecule has 32 heavy (non-hydrogen) atoms. The van der Waals surface area contributed by atoms with Crippen LogP contribution in [-0.2, 0) is 28.5 Å². The summed E-state index contributed by atoms with van der Waals surface area (Å²) in [7, 11) is 0. The molecule has 2 atom stereocenters. The number of carbonyl (C=O) groups is 3. The lowest BCUT2D eigenvalue weighted by atomic mass is 10.1. The van der Waals surface area contributed by atoms with E-state index in [-0.39, 0.29) is 26.4 Å². The Balaban J connectivity index is 4.22.